The van der Waals surface area contributed by atoms with Gasteiger partial charge in [0.25, 0.3) is 0 Å². The van der Waals surface area contributed by atoms with Crippen LogP contribution in [0, 0.1) is 0 Å². The average Bonchev–Trinajstić information content (AvgIpc) is 2.97. The first kappa shape index (κ1) is 40.0. The molecule has 14 heteroatoms. The van der Waals surface area contributed by atoms with Gasteiger partial charge in [0.1, 0.15) is 6.61 Å². The molecule has 0 atom stereocenters. The lowest BCUT2D eigenvalue weighted by Crippen LogP contribution is -2.15. The molecule has 0 aromatic heterocycles. The van der Waals surface area contributed by atoms with E-state index in [1.807, 2.05) is 0 Å². The first-order chi connectivity index (χ1) is 20.3. The summed E-state index contributed by atoms with van der Waals surface area (Å²) in [4.78, 5) is 10.3. The van der Waals surface area contributed by atoms with Gasteiger partial charge < -0.3 is 61.9 Å². The second-order valence-corrected chi connectivity index (χ2v) is 8.18. The lowest BCUT2D eigenvalue weighted by atomic mass is 10.5. The molecular weight excluding hydrogens is 548 g/mol. The molecule has 14 nitrogen and oxygen atoms in total. The molecule has 0 aliphatic carbocycles. The van der Waals surface area contributed by atoms with Crippen LogP contribution in [0.2, 0.25) is 0 Å². The fourth-order valence-electron chi connectivity index (χ4n) is 2.72. The molecule has 1 N–H and O–H groups in total. The van der Waals surface area contributed by atoms with E-state index in [0.717, 1.165) is 13.0 Å². The van der Waals surface area contributed by atoms with Crippen LogP contribution in [-0.2, 0) is 61.6 Å². The Bertz CT molecular complexity index is 501. The molecule has 0 fully saturated rings. The van der Waals surface area contributed by atoms with Gasteiger partial charge in [-0.25, -0.2) is 4.79 Å². The van der Waals surface area contributed by atoms with Gasteiger partial charge in [-0.05, 0) is 6.42 Å². The van der Waals surface area contributed by atoms with Crippen LogP contribution < -0.4 is 0 Å². The fraction of sp³-hybridized carbons (Fsp3) is 0.963. The number of carbonyl (C=O) groups is 1. The van der Waals surface area contributed by atoms with Gasteiger partial charge in [-0.15, -0.1) is 0 Å². The third kappa shape index (κ3) is 39.0. The standard InChI is InChI=1S/C27H54O14/c1-2-3-30-4-5-31-6-7-32-8-9-33-10-11-34-12-13-35-14-15-36-16-17-37-18-19-38-20-21-39-22-23-40-24-25-41-26-27(28)29/h2-26H2,1H3,(H,28,29). The van der Waals surface area contributed by atoms with Crippen molar-refractivity contribution in [1.82, 2.24) is 0 Å². The highest BCUT2D eigenvalue weighted by molar-refractivity contribution is 5.67. The molecule has 41 heavy (non-hydrogen) atoms. The number of ether oxygens (including phenoxy) is 12. The summed E-state index contributed by atoms with van der Waals surface area (Å²) in [5.74, 6) is -0.995. The second kappa shape index (κ2) is 37.0. The van der Waals surface area contributed by atoms with Gasteiger partial charge in [0.2, 0.25) is 0 Å². The largest absolute Gasteiger partial charge is 0.480 e. The van der Waals surface area contributed by atoms with Crippen molar-refractivity contribution in [3.05, 3.63) is 0 Å². The molecular formula is C27H54O14. The first-order valence-corrected chi connectivity index (χ1v) is 14.4. The summed E-state index contributed by atoms with van der Waals surface area (Å²) in [5.41, 5.74) is 0. The second-order valence-electron chi connectivity index (χ2n) is 8.18. The van der Waals surface area contributed by atoms with E-state index in [9.17, 15) is 4.79 Å². The minimum absolute atomic E-state index is 0.243. The maximum absolute atomic E-state index is 10.3. The van der Waals surface area contributed by atoms with E-state index in [1.54, 1.807) is 0 Å². The third-order valence-electron chi connectivity index (χ3n) is 4.67. The lowest BCUT2D eigenvalue weighted by molar-refractivity contribution is -0.142. The van der Waals surface area contributed by atoms with Crippen LogP contribution >= 0.6 is 0 Å². The van der Waals surface area contributed by atoms with Gasteiger partial charge in [-0.2, -0.15) is 0 Å². The molecule has 0 heterocycles. The summed E-state index contributed by atoms with van der Waals surface area (Å²) < 4.78 is 64.2. The Kier molecular flexibility index (Phi) is 36.1. The quantitative estimate of drug-likeness (QED) is 0.0994. The van der Waals surface area contributed by atoms with Gasteiger partial charge in [0.05, 0.1) is 145 Å². The maximum atomic E-state index is 10.3. The Labute approximate surface area is 245 Å². The zero-order valence-corrected chi connectivity index (χ0v) is 24.9. The smallest absolute Gasteiger partial charge is 0.329 e. The van der Waals surface area contributed by atoms with Crippen LogP contribution in [0.3, 0.4) is 0 Å². The van der Waals surface area contributed by atoms with Crippen molar-refractivity contribution >= 4 is 5.97 Å². The van der Waals surface area contributed by atoms with E-state index in [1.165, 1.54) is 0 Å². The fourth-order valence-corrected chi connectivity index (χ4v) is 2.72. The molecule has 0 aliphatic rings. The summed E-state index contributed by atoms with van der Waals surface area (Å²) in [7, 11) is 0. The summed E-state index contributed by atoms with van der Waals surface area (Å²) >= 11 is 0. The number of carboxylic acids is 1. The molecule has 0 radical (unpaired) electrons. The molecule has 0 spiro atoms. The molecule has 0 aromatic carbocycles. The topological polar surface area (TPSA) is 148 Å². The van der Waals surface area contributed by atoms with Crippen molar-refractivity contribution < 1.29 is 66.7 Å². The Morgan fingerprint density at radius 2 is 0.512 bits per heavy atom. The molecule has 246 valence electrons. The van der Waals surface area contributed by atoms with E-state index in [0.29, 0.717) is 139 Å². The molecule has 0 unspecified atom stereocenters. The zero-order valence-electron chi connectivity index (χ0n) is 24.9. The van der Waals surface area contributed by atoms with Crippen molar-refractivity contribution in [2.24, 2.45) is 0 Å². The number of aliphatic carboxylic acids is 1. The van der Waals surface area contributed by atoms with E-state index in [-0.39, 0.29) is 13.2 Å². The molecule has 0 rings (SSSR count). The minimum atomic E-state index is -0.995. The van der Waals surface area contributed by atoms with Crippen LogP contribution in [0.4, 0.5) is 0 Å². The van der Waals surface area contributed by atoms with Crippen molar-refractivity contribution in [2.45, 2.75) is 13.3 Å². The number of rotatable bonds is 37. The van der Waals surface area contributed by atoms with E-state index in [4.69, 9.17) is 61.9 Å². The minimum Gasteiger partial charge on any atom is -0.480 e. The van der Waals surface area contributed by atoms with E-state index < -0.39 is 5.97 Å². The summed E-state index contributed by atoms with van der Waals surface area (Å²) in [6.45, 7) is 13.3. The SMILES string of the molecule is CCCOCCOCCOCCOCCOCCOCCOCCOCCOCCOCCOCCOCC(=O)O. The van der Waals surface area contributed by atoms with Crippen molar-refractivity contribution in [1.29, 1.82) is 0 Å². The highest BCUT2D eigenvalue weighted by Gasteiger charge is 1.97. The predicted octanol–water partition coefficient (Wildman–Crippen LogP) is 0.680. The lowest BCUT2D eigenvalue weighted by Gasteiger charge is -2.09. The zero-order chi connectivity index (χ0) is 29.7. The van der Waals surface area contributed by atoms with Crippen LogP contribution in [0.15, 0.2) is 0 Å². The molecule has 0 saturated carbocycles. The molecule has 0 saturated heterocycles. The Morgan fingerprint density at radius 3 is 0.683 bits per heavy atom. The summed E-state index contributed by atoms with van der Waals surface area (Å²) in [5, 5.41) is 8.41. The highest BCUT2D eigenvalue weighted by Crippen LogP contribution is 1.87. The summed E-state index contributed by atoms with van der Waals surface area (Å²) in [6, 6.07) is 0. The van der Waals surface area contributed by atoms with Crippen molar-refractivity contribution in [3.8, 4) is 0 Å². The van der Waals surface area contributed by atoms with Gasteiger partial charge in [0.15, 0.2) is 0 Å². The van der Waals surface area contributed by atoms with Gasteiger partial charge in [-0.3, -0.25) is 0 Å². The monoisotopic (exact) mass is 602 g/mol. The number of carboxylic acid groups (broad SMARTS) is 1. The molecule has 0 bridgehead atoms. The Hall–Kier alpha value is -1.01. The van der Waals surface area contributed by atoms with Crippen LogP contribution in [0.5, 0.6) is 0 Å². The predicted molar refractivity (Wildman–Crippen MR) is 148 cm³/mol. The highest BCUT2D eigenvalue weighted by atomic mass is 16.6. The van der Waals surface area contributed by atoms with Crippen molar-refractivity contribution in [3.63, 3.8) is 0 Å². The van der Waals surface area contributed by atoms with Gasteiger partial charge >= 0.3 is 5.97 Å². The van der Waals surface area contributed by atoms with Crippen LogP contribution in [-0.4, -0.2) is 170 Å². The Morgan fingerprint density at radius 1 is 0.341 bits per heavy atom. The van der Waals surface area contributed by atoms with Crippen molar-refractivity contribution in [2.75, 3.05) is 159 Å². The van der Waals surface area contributed by atoms with E-state index in [2.05, 4.69) is 6.92 Å². The van der Waals surface area contributed by atoms with Crippen LogP contribution in [0.25, 0.3) is 0 Å². The van der Waals surface area contributed by atoms with Crippen LogP contribution in [0.1, 0.15) is 13.3 Å². The third-order valence-corrected chi connectivity index (χ3v) is 4.67. The average molecular weight is 603 g/mol. The molecule has 0 aliphatic heterocycles. The van der Waals surface area contributed by atoms with Gasteiger partial charge in [-0.1, -0.05) is 6.92 Å². The Balaban J connectivity index is 3.03. The molecule has 0 aromatic rings. The van der Waals surface area contributed by atoms with Gasteiger partial charge in [0, 0.05) is 6.61 Å². The molecule has 0 amide bonds. The maximum Gasteiger partial charge on any atom is 0.329 e. The van der Waals surface area contributed by atoms with E-state index >= 15 is 0 Å². The normalized spacial score (nSPS) is 11.4. The summed E-state index contributed by atoms with van der Waals surface area (Å²) in [6.07, 6.45) is 1.02. The first-order valence-electron chi connectivity index (χ1n) is 14.4. The number of hydrogen-bond donors (Lipinski definition) is 1. The number of hydrogen-bond acceptors (Lipinski definition) is 13.